The Labute approximate surface area is 155 Å². The van der Waals surface area contributed by atoms with Crippen molar-refractivity contribution in [2.75, 3.05) is 62.7 Å². The number of nitro groups is 1. The van der Waals surface area contributed by atoms with Gasteiger partial charge in [0.1, 0.15) is 0 Å². The molecule has 0 spiro atoms. The predicted molar refractivity (Wildman–Crippen MR) is 100 cm³/mol. The molecule has 0 aromatic heterocycles. The van der Waals surface area contributed by atoms with E-state index in [1.807, 2.05) is 0 Å². The molecule has 0 fully saturated rings. The van der Waals surface area contributed by atoms with Crippen LogP contribution in [0.3, 0.4) is 0 Å². The molecule has 0 unspecified atom stereocenters. The number of hydrogen-bond acceptors (Lipinski definition) is 8. The normalized spacial score (nSPS) is 18.7. The number of nitro benzene ring substituents is 1. The Morgan fingerprint density at radius 3 is 1.96 bits per heavy atom. The van der Waals surface area contributed by atoms with Crippen LogP contribution in [0.15, 0.2) is 18.2 Å². The zero-order chi connectivity index (χ0) is 17.7. The third kappa shape index (κ3) is 8.17. The van der Waals surface area contributed by atoms with Gasteiger partial charge < -0.3 is 18.9 Å². The molecule has 2 rings (SSSR count). The Hall–Kier alpha value is -1.16. The second-order valence-corrected chi connectivity index (χ2v) is 7.48. The highest BCUT2D eigenvalue weighted by Gasteiger charge is 2.13. The SMILES string of the molecule is O=[N+]([O-])c1ccc2c(c1)OCCSCCOCCOCCSCCO2. The summed E-state index contributed by atoms with van der Waals surface area (Å²) >= 11 is 3.45. The average molecular weight is 389 g/mol. The van der Waals surface area contributed by atoms with Gasteiger partial charge in [-0.1, -0.05) is 0 Å². The number of ether oxygens (including phenoxy) is 4. The molecule has 0 radical (unpaired) electrons. The van der Waals surface area contributed by atoms with Crippen LogP contribution < -0.4 is 9.47 Å². The summed E-state index contributed by atoms with van der Waals surface area (Å²) in [7, 11) is 0. The standard InChI is InChI=1S/C16H23NO6S2/c18-17(19)14-1-2-15-16(13-14)23-8-12-25-10-6-21-4-3-20-5-9-24-11-7-22-15/h1-2,13H,3-12H2. The van der Waals surface area contributed by atoms with Crippen LogP contribution >= 0.6 is 23.5 Å². The van der Waals surface area contributed by atoms with Crippen molar-refractivity contribution in [3.8, 4) is 11.5 Å². The van der Waals surface area contributed by atoms with Crippen molar-refractivity contribution in [3.63, 3.8) is 0 Å². The van der Waals surface area contributed by atoms with Crippen molar-refractivity contribution in [2.45, 2.75) is 0 Å². The molecule has 140 valence electrons. The summed E-state index contributed by atoms with van der Waals surface area (Å²) in [6.45, 7) is 3.57. The zero-order valence-corrected chi connectivity index (χ0v) is 15.6. The molecule has 0 bridgehead atoms. The quantitative estimate of drug-likeness (QED) is 0.536. The van der Waals surface area contributed by atoms with Crippen LogP contribution in [0.1, 0.15) is 0 Å². The fourth-order valence-corrected chi connectivity index (χ4v) is 3.31. The van der Waals surface area contributed by atoms with Crippen molar-refractivity contribution >= 4 is 29.2 Å². The molecule has 0 aliphatic carbocycles. The minimum atomic E-state index is -0.433. The summed E-state index contributed by atoms with van der Waals surface area (Å²) in [6.07, 6.45) is 0. The first-order valence-corrected chi connectivity index (χ1v) is 10.4. The Bertz CT molecular complexity index is 531. The molecular weight excluding hydrogens is 366 g/mol. The van der Waals surface area contributed by atoms with E-state index in [9.17, 15) is 10.1 Å². The molecule has 0 saturated heterocycles. The summed E-state index contributed by atoms with van der Waals surface area (Å²) in [5, 5.41) is 11.0. The van der Waals surface area contributed by atoms with Crippen molar-refractivity contribution in [3.05, 3.63) is 28.3 Å². The average Bonchev–Trinajstić information content (AvgIpc) is 2.61. The van der Waals surface area contributed by atoms with Crippen molar-refractivity contribution in [1.82, 2.24) is 0 Å². The maximum absolute atomic E-state index is 11.0. The van der Waals surface area contributed by atoms with E-state index in [1.54, 1.807) is 29.6 Å². The van der Waals surface area contributed by atoms with E-state index < -0.39 is 4.92 Å². The van der Waals surface area contributed by atoms with Gasteiger partial charge in [0, 0.05) is 29.1 Å². The van der Waals surface area contributed by atoms with Crippen molar-refractivity contribution < 1.29 is 23.9 Å². The highest BCUT2D eigenvalue weighted by molar-refractivity contribution is 7.99. The van der Waals surface area contributed by atoms with Crippen LogP contribution in [0.25, 0.3) is 0 Å². The van der Waals surface area contributed by atoms with E-state index in [-0.39, 0.29) is 5.69 Å². The molecule has 7 nitrogen and oxygen atoms in total. The van der Waals surface area contributed by atoms with Crippen LogP contribution in [0.4, 0.5) is 5.69 Å². The first-order valence-electron chi connectivity index (χ1n) is 8.12. The predicted octanol–water partition coefficient (Wildman–Crippen LogP) is 2.87. The van der Waals surface area contributed by atoms with Crippen LogP contribution in [-0.2, 0) is 9.47 Å². The molecule has 0 atom stereocenters. The van der Waals surface area contributed by atoms with Crippen molar-refractivity contribution in [1.29, 1.82) is 0 Å². The van der Waals surface area contributed by atoms with E-state index >= 15 is 0 Å². The number of non-ortho nitro benzene ring substituents is 1. The Kier molecular flexibility index (Phi) is 9.86. The first-order chi connectivity index (χ1) is 12.3. The smallest absolute Gasteiger partial charge is 0.273 e. The van der Waals surface area contributed by atoms with Gasteiger partial charge in [-0.15, -0.1) is 0 Å². The molecule has 1 aromatic rings. The van der Waals surface area contributed by atoms with Gasteiger partial charge in [-0.25, -0.2) is 0 Å². The topological polar surface area (TPSA) is 80.1 Å². The molecule has 1 heterocycles. The molecule has 25 heavy (non-hydrogen) atoms. The number of nitrogens with zero attached hydrogens (tertiary/aromatic N) is 1. The molecule has 0 N–H and O–H groups in total. The summed E-state index contributed by atoms with van der Waals surface area (Å²) in [6, 6.07) is 4.45. The van der Waals surface area contributed by atoms with Gasteiger partial charge in [0.25, 0.3) is 5.69 Å². The fourth-order valence-electron chi connectivity index (χ4n) is 2.03. The lowest BCUT2D eigenvalue weighted by molar-refractivity contribution is -0.385. The minimum absolute atomic E-state index is 0.00271. The maximum Gasteiger partial charge on any atom is 0.273 e. The molecule has 0 saturated carbocycles. The summed E-state index contributed by atoms with van der Waals surface area (Å²) in [5.41, 5.74) is -0.00271. The highest BCUT2D eigenvalue weighted by atomic mass is 32.2. The maximum atomic E-state index is 11.0. The Morgan fingerprint density at radius 1 is 0.800 bits per heavy atom. The lowest BCUT2D eigenvalue weighted by atomic mass is 10.3. The van der Waals surface area contributed by atoms with Gasteiger partial charge in [-0.2, -0.15) is 23.5 Å². The molecule has 1 aliphatic rings. The number of fused-ring (bicyclic) bond motifs is 1. The van der Waals surface area contributed by atoms with Crippen molar-refractivity contribution in [2.24, 2.45) is 0 Å². The summed E-state index contributed by atoms with van der Waals surface area (Å²) in [4.78, 5) is 10.5. The van der Waals surface area contributed by atoms with Gasteiger partial charge in [0.05, 0.1) is 50.6 Å². The molecule has 9 heteroatoms. The van der Waals surface area contributed by atoms with E-state index in [1.165, 1.54) is 12.1 Å². The van der Waals surface area contributed by atoms with Gasteiger partial charge in [0.15, 0.2) is 11.5 Å². The van der Waals surface area contributed by atoms with Gasteiger partial charge >= 0.3 is 0 Å². The lowest BCUT2D eigenvalue weighted by Crippen LogP contribution is -2.10. The largest absolute Gasteiger partial charge is 0.489 e. The van der Waals surface area contributed by atoms with E-state index in [4.69, 9.17) is 18.9 Å². The van der Waals surface area contributed by atoms with Crippen LogP contribution in [0.2, 0.25) is 0 Å². The third-order valence-corrected chi connectivity index (χ3v) is 5.05. The molecule has 1 aliphatic heterocycles. The number of rotatable bonds is 1. The molecule has 1 aromatic carbocycles. The molecular formula is C16H23NO6S2. The third-order valence-electron chi connectivity index (χ3n) is 3.22. The second kappa shape index (κ2) is 12.2. The van der Waals surface area contributed by atoms with Crippen LogP contribution in [0, 0.1) is 10.1 Å². The van der Waals surface area contributed by atoms with Crippen LogP contribution in [-0.4, -0.2) is 67.6 Å². The van der Waals surface area contributed by atoms with Gasteiger partial charge in [0.2, 0.25) is 0 Å². The lowest BCUT2D eigenvalue weighted by Gasteiger charge is -2.13. The fraction of sp³-hybridized carbons (Fsp3) is 0.625. The number of benzene rings is 1. The first kappa shape index (κ1) is 20.2. The van der Waals surface area contributed by atoms with Gasteiger partial charge in [-0.05, 0) is 6.07 Å². The summed E-state index contributed by atoms with van der Waals surface area (Å²) < 4.78 is 22.4. The van der Waals surface area contributed by atoms with Crippen LogP contribution in [0.5, 0.6) is 11.5 Å². The van der Waals surface area contributed by atoms with Gasteiger partial charge in [-0.3, -0.25) is 10.1 Å². The second-order valence-electron chi connectivity index (χ2n) is 5.03. The number of hydrogen-bond donors (Lipinski definition) is 0. The number of thioether (sulfide) groups is 2. The minimum Gasteiger partial charge on any atom is -0.489 e. The Balaban J connectivity index is 1.93. The zero-order valence-electron chi connectivity index (χ0n) is 14.0. The van der Waals surface area contributed by atoms with E-state index in [0.717, 1.165) is 23.0 Å². The van der Waals surface area contributed by atoms with E-state index in [0.29, 0.717) is 51.1 Å². The van der Waals surface area contributed by atoms with E-state index in [2.05, 4.69) is 0 Å². The summed E-state index contributed by atoms with van der Waals surface area (Å²) in [5.74, 6) is 4.31. The Morgan fingerprint density at radius 2 is 1.36 bits per heavy atom. The monoisotopic (exact) mass is 389 g/mol. The highest BCUT2D eigenvalue weighted by Crippen LogP contribution is 2.31. The molecule has 0 amide bonds.